The van der Waals surface area contributed by atoms with Crippen molar-refractivity contribution in [2.75, 3.05) is 41.8 Å². The summed E-state index contributed by atoms with van der Waals surface area (Å²) in [5, 5.41) is 36.8. The van der Waals surface area contributed by atoms with Gasteiger partial charge >= 0.3 is 30.1 Å². The van der Waals surface area contributed by atoms with Gasteiger partial charge in [0.1, 0.15) is 18.4 Å². The number of nitrogens with one attached hydrogen (secondary N) is 3. The zero-order chi connectivity index (χ0) is 68.5. The topological polar surface area (TPSA) is 368 Å². The Morgan fingerprint density at radius 2 is 1.38 bits per heavy atom. The number of Topliss-reactive ketones (excluding diaryl/α,β-unsaturated/α-hetero) is 2. The maximum Gasteiger partial charge on any atom is 0.373 e. The SMILES string of the molecule is CC1(C)C(=CC=C2CCCC(C=CC3=[N+](CCCCS(=O)(=O)O)c4ccccc4C3(C)C)=C2SC[C@@H](CC(=O)[C@H](Cc2ccccc2)NC(=O)CCCCC(=O)CCC(NC(=O)NCCCC(=O)O)C(=O)O)C(=O)O)N(CCCCS(=O)(=O)[O-])c2ccccc21.O=C=O. The summed E-state index contributed by atoms with van der Waals surface area (Å²) in [4.78, 5) is 108. The summed E-state index contributed by atoms with van der Waals surface area (Å²) in [5.41, 5.74) is 7.61. The van der Waals surface area contributed by atoms with Gasteiger partial charge in [0.2, 0.25) is 11.6 Å². The molecule has 1 aliphatic carbocycles. The number of allylic oxidation sites excluding steroid dienone is 7. The second kappa shape index (κ2) is 36.0. The Morgan fingerprint density at radius 3 is 2.04 bits per heavy atom. The fourth-order valence-electron chi connectivity index (χ4n) is 11.7. The molecule has 0 saturated carbocycles. The van der Waals surface area contributed by atoms with Gasteiger partial charge in [-0.15, -0.1) is 11.8 Å². The monoisotopic (exact) mass is 1340 g/mol. The Balaban J connectivity index is 0.00000512. The fourth-order valence-corrected chi connectivity index (χ4v) is 14.2. The molecule has 3 amide bonds. The predicted molar refractivity (Wildman–Crippen MR) is 350 cm³/mol. The summed E-state index contributed by atoms with van der Waals surface area (Å²) >= 11 is 1.34. The number of anilines is 1. The first kappa shape index (κ1) is 75.8. The lowest BCUT2D eigenvalue weighted by Crippen LogP contribution is -2.46. The number of unbranched alkanes of at least 4 members (excludes halogenated alkanes) is 3. The van der Waals surface area contributed by atoms with Gasteiger partial charge in [-0.1, -0.05) is 92.7 Å². The average molecular weight is 1340 g/mol. The highest BCUT2D eigenvalue weighted by Gasteiger charge is 2.44. The summed E-state index contributed by atoms with van der Waals surface area (Å²) in [6.45, 7) is 9.41. The van der Waals surface area contributed by atoms with E-state index in [1.807, 2.05) is 36.4 Å². The number of carboxylic acids is 3. The molecule has 3 aromatic carbocycles. The van der Waals surface area contributed by atoms with E-state index in [0.717, 1.165) is 61.9 Å². The molecule has 0 fully saturated rings. The molecule has 26 heteroatoms. The van der Waals surface area contributed by atoms with Crippen molar-refractivity contribution in [3.05, 3.63) is 142 Å². The largest absolute Gasteiger partial charge is 0.748 e. The molecule has 0 spiro atoms. The van der Waals surface area contributed by atoms with Crippen LogP contribution in [0.1, 0.15) is 147 Å². The number of carbonyl (C=O) groups is 7. The van der Waals surface area contributed by atoms with Crippen molar-refractivity contribution in [3.8, 4) is 0 Å². The lowest BCUT2D eigenvalue weighted by Gasteiger charge is -2.28. The molecule has 0 bridgehead atoms. The smallest absolute Gasteiger partial charge is 0.373 e. The van der Waals surface area contributed by atoms with Gasteiger partial charge < -0.3 is 40.7 Å². The first-order valence-corrected chi connectivity index (χ1v) is 35.2. The van der Waals surface area contributed by atoms with Crippen LogP contribution in [0.4, 0.5) is 16.2 Å². The highest BCUT2D eigenvalue weighted by atomic mass is 32.2. The van der Waals surface area contributed by atoms with Crippen LogP contribution in [0, 0.1) is 5.92 Å². The van der Waals surface area contributed by atoms with E-state index in [-0.39, 0.29) is 101 Å². The fraction of sp³-hybridized carbons (Fsp3) is 0.478. The van der Waals surface area contributed by atoms with E-state index >= 15 is 0 Å². The molecule has 3 aromatic rings. The summed E-state index contributed by atoms with van der Waals surface area (Å²) in [7, 11) is -8.57. The Bertz CT molecular complexity index is 3610. The first-order chi connectivity index (χ1) is 44.0. The zero-order valence-electron chi connectivity index (χ0n) is 52.9. The number of benzene rings is 3. The first-order valence-electron chi connectivity index (χ1n) is 31.0. The molecule has 0 aromatic heterocycles. The minimum absolute atomic E-state index is 0.0111. The maximum atomic E-state index is 14.5. The Labute approximate surface area is 547 Å². The van der Waals surface area contributed by atoms with Gasteiger partial charge in [0, 0.05) is 103 Å². The van der Waals surface area contributed by atoms with E-state index in [4.69, 9.17) is 14.7 Å². The number of para-hydroxylation sites is 2. The molecule has 6 rings (SSSR count). The molecular formula is C67H85N5O18S3. The molecular weight excluding hydrogens is 1260 g/mol. The summed E-state index contributed by atoms with van der Waals surface area (Å²) in [6.07, 6.45) is 11.6. The van der Waals surface area contributed by atoms with Gasteiger partial charge in [0.05, 0.1) is 33.2 Å². The lowest BCUT2D eigenvalue weighted by molar-refractivity contribution is -0.438. The van der Waals surface area contributed by atoms with Crippen LogP contribution < -0.4 is 20.9 Å². The van der Waals surface area contributed by atoms with Crippen molar-refractivity contribution in [2.24, 2.45) is 5.92 Å². The third kappa shape index (κ3) is 23.9. The number of hydrogen-bond acceptors (Lipinski definition) is 16. The Kier molecular flexibility index (Phi) is 29.3. The van der Waals surface area contributed by atoms with Crippen LogP contribution in [0.2, 0.25) is 0 Å². The van der Waals surface area contributed by atoms with Crippen LogP contribution in [0.15, 0.2) is 125 Å². The molecule has 2 heterocycles. The van der Waals surface area contributed by atoms with Crippen LogP contribution in [0.3, 0.4) is 0 Å². The second-order valence-corrected chi connectivity index (χ2v) is 28.3. The predicted octanol–water partition coefficient (Wildman–Crippen LogP) is 8.72. The summed E-state index contributed by atoms with van der Waals surface area (Å²) in [5.74, 6) is -6.93. The third-order valence-electron chi connectivity index (χ3n) is 16.5. The highest BCUT2D eigenvalue weighted by Crippen LogP contribution is 2.49. The number of hydrogen-bond donors (Lipinski definition) is 7. The Hall–Kier alpha value is -7.87. The van der Waals surface area contributed by atoms with E-state index in [1.54, 1.807) is 30.3 Å². The van der Waals surface area contributed by atoms with Crippen molar-refractivity contribution >= 4 is 96.6 Å². The van der Waals surface area contributed by atoms with Crippen molar-refractivity contribution < 1.29 is 89.0 Å². The number of urea groups is 1. The molecule has 23 nitrogen and oxygen atoms in total. The number of aliphatic carboxylic acids is 3. The number of thioether (sulfide) groups is 1. The number of nitrogens with zero attached hydrogens (tertiary/aromatic N) is 2. The van der Waals surface area contributed by atoms with Crippen LogP contribution in [0.25, 0.3) is 0 Å². The zero-order valence-corrected chi connectivity index (χ0v) is 55.4. The molecule has 2 aliphatic heterocycles. The van der Waals surface area contributed by atoms with Crippen LogP contribution in [-0.2, 0) is 75.8 Å². The van der Waals surface area contributed by atoms with Crippen LogP contribution in [0.5, 0.6) is 0 Å². The molecule has 7 N–H and O–H groups in total. The number of amides is 3. The molecule has 3 aliphatic rings. The minimum Gasteiger partial charge on any atom is -0.748 e. The quantitative estimate of drug-likeness (QED) is 0.0161. The van der Waals surface area contributed by atoms with Crippen molar-refractivity contribution in [3.63, 3.8) is 0 Å². The van der Waals surface area contributed by atoms with Gasteiger partial charge in [0.15, 0.2) is 11.5 Å². The molecule has 1 unspecified atom stereocenters. The van der Waals surface area contributed by atoms with Crippen molar-refractivity contribution in [1.82, 2.24) is 16.0 Å². The van der Waals surface area contributed by atoms with Gasteiger partial charge in [-0.05, 0) is 119 Å². The van der Waals surface area contributed by atoms with Crippen molar-refractivity contribution in [2.45, 2.75) is 160 Å². The summed E-state index contributed by atoms with van der Waals surface area (Å²) in [6, 6.07) is 21.7. The van der Waals surface area contributed by atoms with Gasteiger partial charge in [0.25, 0.3) is 10.1 Å². The van der Waals surface area contributed by atoms with E-state index < -0.39 is 96.9 Å². The van der Waals surface area contributed by atoms with Crippen LogP contribution in [-0.4, -0.2) is 148 Å². The highest BCUT2D eigenvalue weighted by molar-refractivity contribution is 8.03. The number of rotatable bonds is 37. The van der Waals surface area contributed by atoms with Gasteiger partial charge in [-0.3, -0.25) is 28.5 Å². The van der Waals surface area contributed by atoms with E-state index in [2.05, 4.69) is 89.6 Å². The molecule has 93 heavy (non-hydrogen) atoms. The summed E-state index contributed by atoms with van der Waals surface area (Å²) < 4.78 is 69.7. The second-order valence-electron chi connectivity index (χ2n) is 24.2. The number of carboxylic acid groups (broad SMARTS) is 3. The Morgan fingerprint density at radius 1 is 0.720 bits per heavy atom. The number of fused-ring (bicyclic) bond motifs is 2. The third-order valence-corrected chi connectivity index (χ3v) is 19.5. The standard InChI is InChI=1S/C66H85N5O16S3.CO2/c1-65(2)50-25-9-11-27-54(50)70(38-14-16-40-89(82,83)84)57(65)35-31-46-22-18-23-47(32-36-58-66(3,4)51-26-10-12-28-55(51)71(58)39-15-17-41-90(85,86)87)61(46)88-44-48(62(77)78)43-56(73)53(42-45-20-6-5-7-21-45)68-59(74)29-13-8-24-49(72)33-34-52(63(79)80)69-64(81)67-37-19-30-60(75)76;2-1-3/h5-7,9-12,20-21,25-28,31-32,35-36,48,52-53H,8,13-19,22-24,29-30,33-34,37-44H2,1-4H3,(H7-,67,68,69,74,75,76,77,78,79,80,81,82,83,84,85,86,87);/t48-,52?,53+;/m1./s1. The van der Waals surface area contributed by atoms with E-state index in [0.29, 0.717) is 38.8 Å². The lowest BCUT2D eigenvalue weighted by atomic mass is 9.81. The molecule has 3 atom stereocenters. The van der Waals surface area contributed by atoms with E-state index in [1.165, 1.54) is 11.8 Å². The van der Waals surface area contributed by atoms with Crippen LogP contribution >= 0.6 is 11.8 Å². The number of carbonyl (C=O) groups excluding carboxylic acids is 6. The van der Waals surface area contributed by atoms with Crippen molar-refractivity contribution in [1.29, 1.82) is 0 Å². The normalized spacial score (nSPS) is 16.8. The molecule has 0 saturated heterocycles. The number of ketones is 2. The average Bonchev–Trinajstić information content (AvgIpc) is 1.61. The van der Waals surface area contributed by atoms with E-state index in [9.17, 15) is 69.7 Å². The minimum atomic E-state index is -4.41. The molecule has 0 radical (unpaired) electrons. The molecule has 504 valence electrons. The van der Waals surface area contributed by atoms with Gasteiger partial charge in [-0.25, -0.2) is 18.0 Å². The maximum absolute atomic E-state index is 14.5. The van der Waals surface area contributed by atoms with Gasteiger partial charge in [-0.2, -0.15) is 22.6 Å².